The fourth-order valence-electron chi connectivity index (χ4n) is 2.94. The van der Waals surface area contributed by atoms with Gasteiger partial charge in [0.2, 0.25) is 0 Å². The van der Waals surface area contributed by atoms with Gasteiger partial charge in [0, 0.05) is 25.9 Å². The molecule has 3 rings (SSSR count). The van der Waals surface area contributed by atoms with E-state index in [1.165, 1.54) is 5.56 Å². The number of piperidine rings is 1. The maximum absolute atomic E-state index is 11.1. The number of benzene rings is 1. The van der Waals surface area contributed by atoms with E-state index in [4.69, 9.17) is 10.5 Å². The molecule has 18 heavy (non-hydrogen) atoms. The van der Waals surface area contributed by atoms with E-state index in [1.807, 2.05) is 12.1 Å². The smallest absolute Gasteiger partial charge is 0.314 e. The Hall–Kier alpha value is -1.71. The van der Waals surface area contributed by atoms with Crippen molar-refractivity contribution in [1.82, 2.24) is 4.90 Å². The SMILES string of the molecule is NC(=O)N1CCC2(CCc3ccccc3O2)CC1. The molecule has 2 N–H and O–H groups in total. The molecule has 1 aromatic carbocycles. The molecule has 2 heterocycles. The number of carbonyl (C=O) groups is 1. The van der Waals surface area contributed by atoms with Crippen molar-refractivity contribution in [1.29, 1.82) is 0 Å². The highest BCUT2D eigenvalue weighted by Gasteiger charge is 2.39. The largest absolute Gasteiger partial charge is 0.487 e. The van der Waals surface area contributed by atoms with Gasteiger partial charge in [-0.25, -0.2) is 4.79 Å². The lowest BCUT2D eigenvalue weighted by Gasteiger charge is -2.44. The van der Waals surface area contributed by atoms with Gasteiger partial charge in [0.15, 0.2) is 0 Å². The Morgan fingerprint density at radius 1 is 1.22 bits per heavy atom. The highest BCUT2D eigenvalue weighted by Crippen LogP contribution is 2.38. The number of amides is 2. The topological polar surface area (TPSA) is 55.6 Å². The summed E-state index contributed by atoms with van der Waals surface area (Å²) >= 11 is 0. The van der Waals surface area contributed by atoms with Gasteiger partial charge in [-0.05, 0) is 24.5 Å². The van der Waals surface area contributed by atoms with E-state index in [2.05, 4.69) is 12.1 Å². The van der Waals surface area contributed by atoms with Gasteiger partial charge in [-0.15, -0.1) is 0 Å². The van der Waals surface area contributed by atoms with Gasteiger partial charge in [-0.2, -0.15) is 0 Å². The molecule has 4 nitrogen and oxygen atoms in total. The van der Waals surface area contributed by atoms with Gasteiger partial charge < -0.3 is 15.4 Å². The minimum atomic E-state index is -0.318. The van der Waals surface area contributed by atoms with Crippen LogP contribution in [0, 0.1) is 0 Å². The first-order valence-corrected chi connectivity index (χ1v) is 6.50. The number of para-hydroxylation sites is 1. The van der Waals surface area contributed by atoms with E-state index in [-0.39, 0.29) is 11.6 Å². The summed E-state index contributed by atoms with van der Waals surface area (Å²) in [6.07, 6.45) is 3.86. The van der Waals surface area contributed by atoms with Crippen LogP contribution in [0.4, 0.5) is 4.79 Å². The van der Waals surface area contributed by atoms with Gasteiger partial charge in [0.1, 0.15) is 11.4 Å². The number of ether oxygens (including phenoxy) is 1. The summed E-state index contributed by atoms with van der Waals surface area (Å²) in [6.45, 7) is 1.41. The summed E-state index contributed by atoms with van der Waals surface area (Å²) < 4.78 is 6.21. The third kappa shape index (κ3) is 1.92. The highest BCUT2D eigenvalue weighted by molar-refractivity contribution is 5.72. The first-order valence-electron chi connectivity index (χ1n) is 6.50. The van der Waals surface area contributed by atoms with Crippen molar-refractivity contribution in [3.63, 3.8) is 0 Å². The van der Waals surface area contributed by atoms with Crippen molar-refractivity contribution in [3.8, 4) is 5.75 Å². The Balaban J connectivity index is 1.74. The normalized spacial score (nSPS) is 21.2. The van der Waals surface area contributed by atoms with Gasteiger partial charge in [-0.3, -0.25) is 0 Å². The number of hydrogen-bond acceptors (Lipinski definition) is 2. The summed E-state index contributed by atoms with van der Waals surface area (Å²) in [4.78, 5) is 12.8. The van der Waals surface area contributed by atoms with Gasteiger partial charge in [-0.1, -0.05) is 18.2 Å². The molecule has 2 aliphatic rings. The van der Waals surface area contributed by atoms with Crippen LogP contribution in [0.1, 0.15) is 24.8 Å². The number of primary amides is 1. The zero-order chi connectivity index (χ0) is 12.6. The van der Waals surface area contributed by atoms with Crippen molar-refractivity contribution >= 4 is 6.03 Å². The second kappa shape index (κ2) is 4.19. The number of fused-ring (bicyclic) bond motifs is 1. The Labute approximate surface area is 107 Å². The van der Waals surface area contributed by atoms with Crippen molar-refractivity contribution in [2.24, 2.45) is 5.73 Å². The van der Waals surface area contributed by atoms with Crippen LogP contribution in [0.25, 0.3) is 0 Å². The Morgan fingerprint density at radius 3 is 2.67 bits per heavy atom. The standard InChI is InChI=1S/C14H18N2O2/c15-13(17)16-9-7-14(8-10-16)6-5-11-3-1-2-4-12(11)18-14/h1-4H,5-10H2,(H2,15,17). The van der Waals surface area contributed by atoms with Crippen molar-refractivity contribution < 1.29 is 9.53 Å². The van der Waals surface area contributed by atoms with E-state index in [1.54, 1.807) is 4.90 Å². The maximum Gasteiger partial charge on any atom is 0.314 e. The molecule has 2 aliphatic heterocycles. The predicted octanol–water partition coefficient (Wildman–Crippen LogP) is 1.92. The lowest BCUT2D eigenvalue weighted by Crippen LogP contribution is -2.52. The molecule has 0 radical (unpaired) electrons. The predicted molar refractivity (Wildman–Crippen MR) is 68.5 cm³/mol. The molecule has 1 saturated heterocycles. The summed E-state index contributed by atoms with van der Waals surface area (Å²) in [5.41, 5.74) is 6.52. The molecule has 1 spiro atoms. The lowest BCUT2D eigenvalue weighted by atomic mass is 9.83. The minimum Gasteiger partial charge on any atom is -0.487 e. The number of nitrogens with zero attached hydrogens (tertiary/aromatic N) is 1. The lowest BCUT2D eigenvalue weighted by molar-refractivity contribution is -0.00472. The van der Waals surface area contributed by atoms with E-state index < -0.39 is 0 Å². The van der Waals surface area contributed by atoms with Gasteiger partial charge >= 0.3 is 6.03 Å². The highest BCUT2D eigenvalue weighted by atomic mass is 16.5. The number of nitrogens with two attached hydrogens (primary N) is 1. The van der Waals surface area contributed by atoms with E-state index >= 15 is 0 Å². The Kier molecular flexibility index (Phi) is 2.65. The monoisotopic (exact) mass is 246 g/mol. The van der Waals surface area contributed by atoms with E-state index in [0.29, 0.717) is 13.1 Å². The average Bonchev–Trinajstić information content (AvgIpc) is 2.39. The maximum atomic E-state index is 11.1. The Morgan fingerprint density at radius 2 is 1.94 bits per heavy atom. The molecule has 2 amide bonds. The van der Waals surface area contributed by atoms with Crippen molar-refractivity contribution in [3.05, 3.63) is 29.8 Å². The van der Waals surface area contributed by atoms with Gasteiger partial charge in [0.05, 0.1) is 0 Å². The average molecular weight is 246 g/mol. The summed E-state index contributed by atoms with van der Waals surface area (Å²) in [6, 6.07) is 7.91. The van der Waals surface area contributed by atoms with Crippen LogP contribution >= 0.6 is 0 Å². The van der Waals surface area contributed by atoms with Crippen LogP contribution in [-0.2, 0) is 6.42 Å². The quantitative estimate of drug-likeness (QED) is 0.760. The fourth-order valence-corrected chi connectivity index (χ4v) is 2.94. The second-order valence-corrected chi connectivity index (χ2v) is 5.22. The molecule has 0 atom stereocenters. The molecule has 1 fully saturated rings. The van der Waals surface area contributed by atoms with Crippen molar-refractivity contribution in [2.45, 2.75) is 31.3 Å². The first kappa shape index (κ1) is 11.4. The minimum absolute atomic E-state index is 0.0830. The molecule has 0 saturated carbocycles. The molecule has 96 valence electrons. The van der Waals surface area contributed by atoms with Crippen LogP contribution < -0.4 is 10.5 Å². The first-order chi connectivity index (χ1) is 8.69. The molecule has 0 aromatic heterocycles. The second-order valence-electron chi connectivity index (χ2n) is 5.22. The van der Waals surface area contributed by atoms with Crippen LogP contribution in [0.3, 0.4) is 0 Å². The third-order valence-corrected chi connectivity index (χ3v) is 4.14. The van der Waals surface area contributed by atoms with E-state index in [9.17, 15) is 4.79 Å². The zero-order valence-electron chi connectivity index (χ0n) is 10.4. The van der Waals surface area contributed by atoms with Crippen molar-refractivity contribution in [2.75, 3.05) is 13.1 Å². The fraction of sp³-hybridized carbons (Fsp3) is 0.500. The van der Waals surface area contributed by atoms with Crippen LogP contribution in [0.15, 0.2) is 24.3 Å². The number of carbonyl (C=O) groups excluding carboxylic acids is 1. The third-order valence-electron chi connectivity index (χ3n) is 4.14. The number of hydrogen-bond donors (Lipinski definition) is 1. The number of aryl methyl sites for hydroxylation is 1. The molecule has 4 heteroatoms. The summed E-state index contributed by atoms with van der Waals surface area (Å²) in [7, 11) is 0. The zero-order valence-corrected chi connectivity index (χ0v) is 10.4. The van der Waals surface area contributed by atoms with E-state index in [0.717, 1.165) is 31.4 Å². The van der Waals surface area contributed by atoms with Crippen LogP contribution in [0.5, 0.6) is 5.75 Å². The Bertz CT molecular complexity index is 465. The number of likely N-dealkylation sites (tertiary alicyclic amines) is 1. The summed E-state index contributed by atoms with van der Waals surface area (Å²) in [5.74, 6) is 1.01. The molecule has 0 bridgehead atoms. The molecule has 1 aromatic rings. The summed E-state index contributed by atoms with van der Waals surface area (Å²) in [5, 5.41) is 0. The molecule has 0 aliphatic carbocycles. The van der Waals surface area contributed by atoms with Crippen LogP contribution in [-0.4, -0.2) is 29.6 Å². The van der Waals surface area contributed by atoms with Crippen LogP contribution in [0.2, 0.25) is 0 Å². The molecular formula is C14H18N2O2. The number of rotatable bonds is 0. The molecular weight excluding hydrogens is 228 g/mol. The van der Waals surface area contributed by atoms with Gasteiger partial charge in [0.25, 0.3) is 0 Å². The number of urea groups is 1. The molecule has 0 unspecified atom stereocenters.